The Bertz CT molecular complexity index is 363. The molecule has 1 unspecified atom stereocenters. The van der Waals surface area contributed by atoms with Gasteiger partial charge in [-0.1, -0.05) is 25.1 Å². The molecule has 18 heavy (non-hydrogen) atoms. The standard InChI is InChI=1S/C15H25NO2/c1-5-11-17-13-10-8-7-9-12(13)14(16)15(3,4)18-6-2/h7-10,14H,5-6,11,16H2,1-4H3. The van der Waals surface area contributed by atoms with Gasteiger partial charge in [0.2, 0.25) is 0 Å². The van der Waals surface area contributed by atoms with Crippen molar-refractivity contribution in [2.24, 2.45) is 5.73 Å². The molecule has 1 rings (SSSR count). The van der Waals surface area contributed by atoms with Gasteiger partial charge in [-0.25, -0.2) is 0 Å². The van der Waals surface area contributed by atoms with Crippen LogP contribution < -0.4 is 10.5 Å². The van der Waals surface area contributed by atoms with Crippen LogP contribution in [0.4, 0.5) is 0 Å². The van der Waals surface area contributed by atoms with Gasteiger partial charge in [0.25, 0.3) is 0 Å². The van der Waals surface area contributed by atoms with E-state index in [0.717, 1.165) is 17.7 Å². The predicted octanol–water partition coefficient (Wildman–Crippen LogP) is 3.29. The van der Waals surface area contributed by atoms with Gasteiger partial charge in [-0.3, -0.25) is 0 Å². The molecular formula is C15H25NO2. The summed E-state index contributed by atoms with van der Waals surface area (Å²) in [7, 11) is 0. The van der Waals surface area contributed by atoms with Crippen molar-refractivity contribution in [1.82, 2.24) is 0 Å². The molecule has 0 saturated carbocycles. The Labute approximate surface area is 110 Å². The lowest BCUT2D eigenvalue weighted by molar-refractivity contribution is -0.0303. The Balaban J connectivity index is 2.93. The number of ether oxygens (including phenoxy) is 2. The first-order valence-corrected chi connectivity index (χ1v) is 6.64. The number of hydrogen-bond acceptors (Lipinski definition) is 3. The van der Waals surface area contributed by atoms with Gasteiger partial charge in [-0.05, 0) is 33.3 Å². The molecule has 1 aromatic carbocycles. The normalized spacial score (nSPS) is 13.4. The highest BCUT2D eigenvalue weighted by molar-refractivity contribution is 5.37. The number of benzene rings is 1. The molecule has 0 saturated heterocycles. The molecule has 0 bridgehead atoms. The third kappa shape index (κ3) is 3.72. The predicted molar refractivity (Wildman–Crippen MR) is 74.9 cm³/mol. The van der Waals surface area contributed by atoms with Gasteiger partial charge in [0, 0.05) is 12.2 Å². The zero-order valence-corrected chi connectivity index (χ0v) is 11.9. The molecule has 0 aliphatic rings. The smallest absolute Gasteiger partial charge is 0.124 e. The molecule has 0 fully saturated rings. The first kappa shape index (κ1) is 15.0. The zero-order valence-electron chi connectivity index (χ0n) is 11.9. The maximum atomic E-state index is 6.33. The van der Waals surface area contributed by atoms with Crippen molar-refractivity contribution < 1.29 is 9.47 Å². The van der Waals surface area contributed by atoms with Crippen LogP contribution in [0.15, 0.2) is 24.3 Å². The Hall–Kier alpha value is -1.06. The molecule has 0 aromatic heterocycles. The average Bonchev–Trinajstić information content (AvgIpc) is 2.35. The molecule has 1 aromatic rings. The highest BCUT2D eigenvalue weighted by Gasteiger charge is 2.30. The molecule has 2 N–H and O–H groups in total. The molecule has 0 aliphatic carbocycles. The summed E-state index contributed by atoms with van der Waals surface area (Å²) >= 11 is 0. The molecule has 3 nitrogen and oxygen atoms in total. The van der Waals surface area contributed by atoms with Crippen LogP contribution in [0.1, 0.15) is 45.7 Å². The molecule has 0 aliphatic heterocycles. The molecule has 0 amide bonds. The van der Waals surface area contributed by atoms with Crippen molar-refractivity contribution in [2.45, 2.75) is 45.8 Å². The first-order valence-electron chi connectivity index (χ1n) is 6.64. The minimum atomic E-state index is -0.402. The maximum Gasteiger partial charge on any atom is 0.124 e. The lowest BCUT2D eigenvalue weighted by Gasteiger charge is -2.32. The third-order valence-electron chi connectivity index (χ3n) is 2.98. The molecule has 3 heteroatoms. The van der Waals surface area contributed by atoms with Gasteiger partial charge in [0.15, 0.2) is 0 Å². The van der Waals surface area contributed by atoms with E-state index >= 15 is 0 Å². The first-order chi connectivity index (χ1) is 8.53. The Morgan fingerprint density at radius 1 is 1.22 bits per heavy atom. The topological polar surface area (TPSA) is 44.5 Å². The summed E-state index contributed by atoms with van der Waals surface area (Å²) in [5, 5.41) is 0. The van der Waals surface area contributed by atoms with Crippen molar-refractivity contribution in [1.29, 1.82) is 0 Å². The van der Waals surface area contributed by atoms with Crippen molar-refractivity contribution in [2.75, 3.05) is 13.2 Å². The van der Waals surface area contributed by atoms with Crippen molar-refractivity contribution in [3.8, 4) is 5.75 Å². The van der Waals surface area contributed by atoms with Gasteiger partial charge >= 0.3 is 0 Å². The third-order valence-corrected chi connectivity index (χ3v) is 2.98. The highest BCUT2D eigenvalue weighted by Crippen LogP contribution is 2.32. The monoisotopic (exact) mass is 251 g/mol. The van der Waals surface area contributed by atoms with Crippen LogP contribution in [0, 0.1) is 0 Å². The van der Waals surface area contributed by atoms with Crippen LogP contribution in [0.2, 0.25) is 0 Å². The van der Waals surface area contributed by atoms with Crippen molar-refractivity contribution in [3.63, 3.8) is 0 Å². The van der Waals surface area contributed by atoms with Crippen LogP contribution in [0.3, 0.4) is 0 Å². The second-order valence-electron chi connectivity index (χ2n) is 4.90. The zero-order chi connectivity index (χ0) is 13.6. The second-order valence-corrected chi connectivity index (χ2v) is 4.90. The van der Waals surface area contributed by atoms with Crippen LogP contribution >= 0.6 is 0 Å². The van der Waals surface area contributed by atoms with E-state index in [4.69, 9.17) is 15.2 Å². The average molecular weight is 251 g/mol. The SMILES string of the molecule is CCCOc1ccccc1C(N)C(C)(C)OCC. The quantitative estimate of drug-likeness (QED) is 0.808. The summed E-state index contributed by atoms with van der Waals surface area (Å²) in [5.74, 6) is 0.861. The number of rotatable bonds is 7. The highest BCUT2D eigenvalue weighted by atomic mass is 16.5. The summed E-state index contributed by atoms with van der Waals surface area (Å²) in [6.07, 6.45) is 0.985. The van der Waals surface area contributed by atoms with Crippen molar-refractivity contribution in [3.05, 3.63) is 29.8 Å². The maximum absolute atomic E-state index is 6.33. The Morgan fingerprint density at radius 2 is 1.89 bits per heavy atom. The van der Waals surface area contributed by atoms with Crippen LogP contribution in [-0.4, -0.2) is 18.8 Å². The Morgan fingerprint density at radius 3 is 2.50 bits per heavy atom. The van der Waals surface area contributed by atoms with Crippen molar-refractivity contribution >= 4 is 0 Å². The fourth-order valence-electron chi connectivity index (χ4n) is 1.92. The summed E-state index contributed by atoms with van der Waals surface area (Å²) in [6, 6.07) is 7.72. The molecule has 0 spiro atoms. The van der Waals surface area contributed by atoms with E-state index in [0.29, 0.717) is 13.2 Å². The lowest BCUT2D eigenvalue weighted by Crippen LogP contribution is -2.38. The fraction of sp³-hybridized carbons (Fsp3) is 0.600. The fourth-order valence-corrected chi connectivity index (χ4v) is 1.92. The number of para-hydroxylation sites is 1. The van der Waals surface area contributed by atoms with Crippen LogP contribution in [-0.2, 0) is 4.74 Å². The van der Waals surface area contributed by atoms with Crippen LogP contribution in [0.5, 0.6) is 5.75 Å². The Kier molecular flexibility index (Phi) is 5.63. The molecule has 102 valence electrons. The van der Waals surface area contributed by atoms with E-state index in [1.807, 2.05) is 45.0 Å². The van der Waals surface area contributed by atoms with Gasteiger partial charge < -0.3 is 15.2 Å². The lowest BCUT2D eigenvalue weighted by atomic mass is 9.92. The summed E-state index contributed by atoms with van der Waals surface area (Å²) in [5.41, 5.74) is 6.93. The van der Waals surface area contributed by atoms with Crippen LogP contribution in [0.25, 0.3) is 0 Å². The summed E-state index contributed by atoms with van der Waals surface area (Å²) in [6.45, 7) is 9.45. The summed E-state index contributed by atoms with van der Waals surface area (Å²) < 4.78 is 11.5. The molecule has 0 heterocycles. The van der Waals surface area contributed by atoms with E-state index in [1.165, 1.54) is 0 Å². The molecule has 1 atom stereocenters. The van der Waals surface area contributed by atoms with E-state index in [1.54, 1.807) is 0 Å². The van der Waals surface area contributed by atoms with Gasteiger partial charge in [-0.2, -0.15) is 0 Å². The molecule has 0 radical (unpaired) electrons. The van der Waals surface area contributed by atoms with E-state index in [2.05, 4.69) is 6.92 Å². The summed E-state index contributed by atoms with van der Waals surface area (Å²) in [4.78, 5) is 0. The second kappa shape index (κ2) is 6.76. The van der Waals surface area contributed by atoms with Gasteiger partial charge in [0.05, 0.1) is 18.2 Å². The van der Waals surface area contributed by atoms with Gasteiger partial charge in [0.1, 0.15) is 5.75 Å². The van der Waals surface area contributed by atoms with E-state index in [9.17, 15) is 0 Å². The van der Waals surface area contributed by atoms with E-state index < -0.39 is 5.60 Å². The van der Waals surface area contributed by atoms with E-state index in [-0.39, 0.29) is 6.04 Å². The number of hydrogen-bond donors (Lipinski definition) is 1. The molecular weight excluding hydrogens is 226 g/mol. The number of nitrogens with two attached hydrogens (primary N) is 1. The minimum absolute atomic E-state index is 0.203. The largest absolute Gasteiger partial charge is 0.493 e. The minimum Gasteiger partial charge on any atom is -0.493 e. The van der Waals surface area contributed by atoms with Gasteiger partial charge in [-0.15, -0.1) is 0 Å².